The molecule has 1 heterocycles. The van der Waals surface area contributed by atoms with Gasteiger partial charge in [0.1, 0.15) is 12.1 Å². The van der Waals surface area contributed by atoms with E-state index in [1.807, 2.05) is 6.92 Å². The molecule has 1 aromatic heterocycles. The molecule has 0 amide bonds. The highest BCUT2D eigenvalue weighted by Crippen LogP contribution is 2.18. The Balaban J connectivity index is 1.95. The highest BCUT2D eigenvalue weighted by atomic mass is 32.2. The zero-order valence-corrected chi connectivity index (χ0v) is 9.96. The third kappa shape index (κ3) is 3.17. The SMILES string of the molecule is Cc1coc(SCC(=O)c2ccc(F)cc2)n1. The number of benzene rings is 1. The van der Waals surface area contributed by atoms with E-state index < -0.39 is 0 Å². The summed E-state index contributed by atoms with van der Waals surface area (Å²) >= 11 is 1.23. The number of ketones is 1. The first-order valence-corrected chi connectivity index (χ1v) is 5.97. The molecule has 1 aromatic carbocycles. The van der Waals surface area contributed by atoms with Crippen LogP contribution in [0.25, 0.3) is 0 Å². The van der Waals surface area contributed by atoms with Crippen molar-refractivity contribution in [2.45, 2.75) is 12.1 Å². The van der Waals surface area contributed by atoms with Crippen LogP contribution in [0.4, 0.5) is 4.39 Å². The van der Waals surface area contributed by atoms with Gasteiger partial charge in [-0.2, -0.15) is 0 Å². The summed E-state index contributed by atoms with van der Waals surface area (Å²) in [4.78, 5) is 15.8. The van der Waals surface area contributed by atoms with Gasteiger partial charge in [-0.3, -0.25) is 4.79 Å². The maximum atomic E-state index is 12.7. The molecular formula is C12H10FNO2S. The number of thioether (sulfide) groups is 1. The second kappa shape index (κ2) is 5.14. The quantitative estimate of drug-likeness (QED) is 0.618. The lowest BCUT2D eigenvalue weighted by atomic mass is 10.1. The lowest BCUT2D eigenvalue weighted by molar-refractivity contribution is 0.102. The molecule has 0 radical (unpaired) electrons. The third-order valence-electron chi connectivity index (χ3n) is 2.09. The van der Waals surface area contributed by atoms with E-state index in [9.17, 15) is 9.18 Å². The van der Waals surface area contributed by atoms with E-state index in [0.29, 0.717) is 10.8 Å². The number of aryl methyl sites for hydroxylation is 1. The molecule has 3 nitrogen and oxygen atoms in total. The molecule has 2 aromatic rings. The van der Waals surface area contributed by atoms with Crippen LogP contribution in [-0.4, -0.2) is 16.5 Å². The standard InChI is InChI=1S/C12H10FNO2S/c1-8-6-16-12(14-8)17-7-11(15)9-2-4-10(13)5-3-9/h2-6H,7H2,1H3. The Bertz CT molecular complexity index is 522. The monoisotopic (exact) mass is 251 g/mol. The minimum atomic E-state index is -0.350. The number of aromatic nitrogens is 1. The molecule has 17 heavy (non-hydrogen) atoms. The van der Waals surface area contributed by atoms with Gasteiger partial charge < -0.3 is 4.42 Å². The van der Waals surface area contributed by atoms with Crippen LogP contribution >= 0.6 is 11.8 Å². The molecule has 0 N–H and O–H groups in total. The predicted molar refractivity (Wildman–Crippen MR) is 62.7 cm³/mol. The second-order valence-corrected chi connectivity index (χ2v) is 4.40. The number of carbonyl (C=O) groups is 1. The van der Waals surface area contributed by atoms with Gasteiger partial charge >= 0.3 is 0 Å². The molecule has 0 saturated heterocycles. The van der Waals surface area contributed by atoms with Crippen molar-refractivity contribution < 1.29 is 13.6 Å². The van der Waals surface area contributed by atoms with E-state index in [1.54, 1.807) is 0 Å². The fraction of sp³-hybridized carbons (Fsp3) is 0.167. The Kier molecular flexibility index (Phi) is 3.58. The minimum Gasteiger partial charge on any atom is -0.440 e. The maximum absolute atomic E-state index is 12.7. The highest BCUT2D eigenvalue weighted by molar-refractivity contribution is 7.99. The van der Waals surface area contributed by atoms with Gasteiger partial charge in [0.05, 0.1) is 11.4 Å². The Morgan fingerprint density at radius 3 is 2.71 bits per heavy atom. The highest BCUT2D eigenvalue weighted by Gasteiger charge is 2.09. The molecule has 2 rings (SSSR count). The fourth-order valence-corrected chi connectivity index (χ4v) is 1.99. The number of nitrogens with zero attached hydrogens (tertiary/aromatic N) is 1. The number of oxazole rings is 1. The molecule has 0 unspecified atom stereocenters. The summed E-state index contributed by atoms with van der Waals surface area (Å²) in [5, 5.41) is 0.470. The van der Waals surface area contributed by atoms with Gasteiger partial charge in [-0.25, -0.2) is 9.37 Å². The fourth-order valence-electron chi connectivity index (χ4n) is 1.25. The molecule has 0 aliphatic heterocycles. The van der Waals surface area contributed by atoms with Crippen LogP contribution in [0.1, 0.15) is 16.1 Å². The van der Waals surface area contributed by atoms with E-state index >= 15 is 0 Å². The zero-order valence-electron chi connectivity index (χ0n) is 9.14. The first-order chi connectivity index (χ1) is 8.15. The van der Waals surface area contributed by atoms with Crippen LogP contribution in [-0.2, 0) is 0 Å². The molecule has 0 atom stereocenters. The number of halogens is 1. The molecule has 0 spiro atoms. The van der Waals surface area contributed by atoms with Crippen LogP contribution in [0.15, 0.2) is 40.2 Å². The Hall–Kier alpha value is -1.62. The zero-order chi connectivity index (χ0) is 12.3. The topological polar surface area (TPSA) is 43.1 Å². The molecule has 0 fully saturated rings. The van der Waals surface area contributed by atoms with Crippen molar-refractivity contribution in [1.82, 2.24) is 4.98 Å². The maximum Gasteiger partial charge on any atom is 0.256 e. The van der Waals surface area contributed by atoms with E-state index in [0.717, 1.165) is 5.69 Å². The number of Topliss-reactive ketones (excluding diaryl/α,β-unsaturated/α-hetero) is 1. The van der Waals surface area contributed by atoms with E-state index in [-0.39, 0.29) is 17.4 Å². The van der Waals surface area contributed by atoms with Gasteiger partial charge in [-0.05, 0) is 31.2 Å². The molecule has 88 valence electrons. The Morgan fingerprint density at radius 1 is 1.41 bits per heavy atom. The normalized spacial score (nSPS) is 10.5. The summed E-state index contributed by atoms with van der Waals surface area (Å²) < 4.78 is 17.8. The van der Waals surface area contributed by atoms with Gasteiger partial charge in [-0.1, -0.05) is 11.8 Å². The van der Waals surface area contributed by atoms with Crippen LogP contribution in [0, 0.1) is 12.7 Å². The molecule has 0 bridgehead atoms. The van der Waals surface area contributed by atoms with E-state index in [1.165, 1.54) is 42.3 Å². The van der Waals surface area contributed by atoms with Crippen LogP contribution < -0.4 is 0 Å². The predicted octanol–water partition coefficient (Wildman–Crippen LogP) is 3.10. The summed E-state index contributed by atoms with van der Waals surface area (Å²) in [7, 11) is 0. The lowest BCUT2D eigenvalue weighted by Gasteiger charge is -1.98. The smallest absolute Gasteiger partial charge is 0.256 e. The molecule has 0 saturated carbocycles. The van der Waals surface area contributed by atoms with Crippen molar-refractivity contribution in [3.05, 3.63) is 47.6 Å². The molecule has 0 aliphatic rings. The van der Waals surface area contributed by atoms with Gasteiger partial charge in [-0.15, -0.1) is 0 Å². The summed E-state index contributed by atoms with van der Waals surface area (Å²) in [6.45, 7) is 1.81. The van der Waals surface area contributed by atoms with E-state index in [2.05, 4.69) is 4.98 Å². The van der Waals surface area contributed by atoms with Gasteiger partial charge in [0.25, 0.3) is 5.22 Å². The van der Waals surface area contributed by atoms with Crippen molar-refractivity contribution in [3.63, 3.8) is 0 Å². The van der Waals surface area contributed by atoms with Gasteiger partial charge in [0.15, 0.2) is 5.78 Å². The first-order valence-electron chi connectivity index (χ1n) is 4.99. The molecule has 5 heteroatoms. The summed E-state index contributed by atoms with van der Waals surface area (Å²) in [5.74, 6) is -0.200. The Labute approximate surface area is 102 Å². The van der Waals surface area contributed by atoms with Crippen molar-refractivity contribution in [1.29, 1.82) is 0 Å². The second-order valence-electron chi connectivity index (χ2n) is 3.47. The van der Waals surface area contributed by atoms with Crippen LogP contribution in [0.2, 0.25) is 0 Å². The van der Waals surface area contributed by atoms with Crippen LogP contribution in [0.3, 0.4) is 0 Å². The number of hydrogen-bond donors (Lipinski definition) is 0. The van der Waals surface area contributed by atoms with Crippen molar-refractivity contribution in [2.24, 2.45) is 0 Å². The van der Waals surface area contributed by atoms with Gasteiger partial charge in [0, 0.05) is 5.56 Å². The summed E-state index contributed by atoms with van der Waals surface area (Å²) in [5.41, 5.74) is 1.27. The average molecular weight is 251 g/mol. The average Bonchev–Trinajstić information content (AvgIpc) is 2.73. The third-order valence-corrected chi connectivity index (χ3v) is 2.93. The largest absolute Gasteiger partial charge is 0.440 e. The van der Waals surface area contributed by atoms with Gasteiger partial charge in [0.2, 0.25) is 0 Å². The first kappa shape index (κ1) is 11.9. The van der Waals surface area contributed by atoms with Crippen LogP contribution in [0.5, 0.6) is 0 Å². The number of carbonyl (C=O) groups excluding carboxylic acids is 1. The number of rotatable bonds is 4. The summed E-state index contributed by atoms with van der Waals surface area (Å²) in [6, 6.07) is 5.48. The number of hydrogen-bond acceptors (Lipinski definition) is 4. The molecular weight excluding hydrogens is 241 g/mol. The molecule has 0 aliphatic carbocycles. The van der Waals surface area contributed by atoms with Crippen molar-refractivity contribution in [3.8, 4) is 0 Å². The van der Waals surface area contributed by atoms with Crippen molar-refractivity contribution in [2.75, 3.05) is 5.75 Å². The summed E-state index contributed by atoms with van der Waals surface area (Å²) in [6.07, 6.45) is 1.53. The Morgan fingerprint density at radius 2 is 2.12 bits per heavy atom. The lowest BCUT2D eigenvalue weighted by Crippen LogP contribution is -2.02. The van der Waals surface area contributed by atoms with E-state index in [4.69, 9.17) is 4.42 Å². The van der Waals surface area contributed by atoms with Crippen molar-refractivity contribution >= 4 is 17.5 Å². The minimum absolute atomic E-state index is 0.0779.